The van der Waals surface area contributed by atoms with Crippen LogP contribution in [0.4, 0.5) is 10.1 Å². The van der Waals surface area contributed by atoms with E-state index in [0.717, 1.165) is 23.3 Å². The van der Waals surface area contributed by atoms with E-state index in [-0.39, 0.29) is 23.1 Å². The van der Waals surface area contributed by atoms with Gasteiger partial charge in [0.2, 0.25) is 5.91 Å². The maximum Gasteiger partial charge on any atom is 0.346 e. The fraction of sp³-hybridized carbons (Fsp3) is 0.250. The van der Waals surface area contributed by atoms with Gasteiger partial charge in [-0.1, -0.05) is 25.1 Å². The monoisotopic (exact) mass is 455 g/mol. The van der Waals surface area contributed by atoms with Gasteiger partial charge in [-0.05, 0) is 41.8 Å². The summed E-state index contributed by atoms with van der Waals surface area (Å²) in [6.07, 6.45) is 1.01. The van der Waals surface area contributed by atoms with Gasteiger partial charge in [0.1, 0.15) is 10.7 Å². The average Bonchev–Trinajstić information content (AvgIpc) is 3.16. The Hall–Kier alpha value is -3.39. The van der Waals surface area contributed by atoms with Crippen molar-refractivity contribution in [2.45, 2.75) is 25.7 Å². The van der Waals surface area contributed by atoms with Crippen molar-refractivity contribution in [3.05, 3.63) is 63.6 Å². The van der Waals surface area contributed by atoms with Gasteiger partial charge in [-0.3, -0.25) is 4.79 Å². The molecule has 0 saturated carbocycles. The number of ether oxygens (including phenoxy) is 2. The minimum Gasteiger partial charge on any atom is -0.493 e. The predicted octanol–water partition coefficient (Wildman–Crippen LogP) is 5.52. The number of hydrogen-bond donors (Lipinski definition) is 2. The fourth-order valence-corrected chi connectivity index (χ4v) is 5.10. The summed E-state index contributed by atoms with van der Waals surface area (Å²) < 4.78 is 25.1. The lowest BCUT2D eigenvalue weighted by atomic mass is 9.88. The largest absolute Gasteiger partial charge is 0.493 e. The van der Waals surface area contributed by atoms with Crippen molar-refractivity contribution in [2.24, 2.45) is 0 Å². The van der Waals surface area contributed by atoms with E-state index in [2.05, 4.69) is 5.32 Å². The highest BCUT2D eigenvalue weighted by molar-refractivity contribution is 7.15. The summed E-state index contributed by atoms with van der Waals surface area (Å²) in [5.74, 6) is -1.05. The Morgan fingerprint density at radius 2 is 2.06 bits per heavy atom. The van der Waals surface area contributed by atoms with E-state index >= 15 is 0 Å². The molecule has 1 aliphatic rings. The van der Waals surface area contributed by atoms with E-state index in [1.54, 1.807) is 19.2 Å². The van der Waals surface area contributed by atoms with Gasteiger partial charge in [0.25, 0.3) is 0 Å². The molecule has 32 heavy (non-hydrogen) atoms. The van der Waals surface area contributed by atoms with Crippen LogP contribution in [0.25, 0.3) is 11.1 Å². The number of amides is 1. The summed E-state index contributed by atoms with van der Waals surface area (Å²) >= 11 is 1.10. The van der Waals surface area contributed by atoms with Crippen molar-refractivity contribution in [1.29, 1.82) is 0 Å². The number of aromatic carboxylic acids is 1. The third-order valence-electron chi connectivity index (χ3n) is 5.27. The van der Waals surface area contributed by atoms with E-state index in [4.69, 9.17) is 9.47 Å². The summed E-state index contributed by atoms with van der Waals surface area (Å²) in [6.45, 7) is 2.56. The van der Waals surface area contributed by atoms with Crippen LogP contribution in [-0.4, -0.2) is 30.7 Å². The minimum atomic E-state index is -1.13. The van der Waals surface area contributed by atoms with Crippen molar-refractivity contribution in [1.82, 2.24) is 0 Å². The zero-order valence-electron chi connectivity index (χ0n) is 17.6. The van der Waals surface area contributed by atoms with E-state index < -0.39 is 11.8 Å². The van der Waals surface area contributed by atoms with Crippen LogP contribution in [0.3, 0.4) is 0 Å². The van der Waals surface area contributed by atoms with Gasteiger partial charge < -0.3 is 19.9 Å². The molecule has 4 rings (SSSR count). The Balaban J connectivity index is 1.85. The van der Waals surface area contributed by atoms with Gasteiger partial charge in [-0.15, -0.1) is 11.3 Å². The van der Waals surface area contributed by atoms with Crippen LogP contribution in [0.1, 0.15) is 45.8 Å². The molecule has 8 heteroatoms. The van der Waals surface area contributed by atoms with Gasteiger partial charge in [0, 0.05) is 22.8 Å². The Kier molecular flexibility index (Phi) is 6.14. The van der Waals surface area contributed by atoms with Crippen LogP contribution in [0.2, 0.25) is 0 Å². The summed E-state index contributed by atoms with van der Waals surface area (Å²) in [5, 5.41) is 12.7. The number of benzene rings is 2. The molecule has 1 amide bonds. The van der Waals surface area contributed by atoms with Crippen LogP contribution in [-0.2, 0) is 4.79 Å². The number of methoxy groups -OCH3 is 1. The molecule has 0 spiro atoms. The third-order valence-corrected chi connectivity index (χ3v) is 6.56. The highest BCUT2D eigenvalue weighted by atomic mass is 32.1. The molecule has 2 aromatic carbocycles. The summed E-state index contributed by atoms with van der Waals surface area (Å²) in [7, 11) is 1.55. The second kappa shape index (κ2) is 9.00. The lowest BCUT2D eigenvalue weighted by Crippen LogP contribution is -2.22. The summed E-state index contributed by atoms with van der Waals surface area (Å²) in [4.78, 5) is 25.4. The standard InChI is InChI=1S/C24H22FNO5S/c1-3-9-31-17-8-7-13(11-18(17)30-2)16-12-19(27)26-21-20(14-5-4-6-15(25)10-14)23(24(28)29)32-22(16)21/h4-8,10-11,16H,3,9,12H2,1-2H3,(H,26,27)(H,28,29)/t16-/m0/s1. The molecule has 0 radical (unpaired) electrons. The number of carboxylic acid groups (broad SMARTS) is 1. The van der Waals surface area contributed by atoms with E-state index in [9.17, 15) is 19.1 Å². The second-order valence-electron chi connectivity index (χ2n) is 7.42. The zero-order chi connectivity index (χ0) is 22.8. The maximum atomic E-state index is 13.9. The molecular weight excluding hydrogens is 433 g/mol. The number of halogens is 1. The summed E-state index contributed by atoms with van der Waals surface area (Å²) in [6, 6.07) is 11.2. The molecule has 0 fully saturated rings. The van der Waals surface area contributed by atoms with Crippen LogP contribution in [0.15, 0.2) is 42.5 Å². The molecule has 6 nitrogen and oxygen atoms in total. The highest BCUT2D eigenvalue weighted by Gasteiger charge is 2.35. The molecule has 2 heterocycles. The van der Waals surface area contributed by atoms with E-state index in [1.165, 1.54) is 18.2 Å². The predicted molar refractivity (Wildman–Crippen MR) is 121 cm³/mol. The molecule has 0 aliphatic carbocycles. The smallest absolute Gasteiger partial charge is 0.346 e. The number of rotatable bonds is 7. The van der Waals surface area contributed by atoms with Crippen molar-refractivity contribution in [3.63, 3.8) is 0 Å². The van der Waals surface area contributed by atoms with Crippen LogP contribution < -0.4 is 14.8 Å². The van der Waals surface area contributed by atoms with Gasteiger partial charge in [-0.25, -0.2) is 9.18 Å². The first-order valence-corrected chi connectivity index (χ1v) is 11.0. The Bertz CT molecular complexity index is 1190. The molecule has 3 aromatic rings. The van der Waals surface area contributed by atoms with Gasteiger partial charge >= 0.3 is 5.97 Å². The molecule has 1 aromatic heterocycles. The number of anilines is 1. The summed E-state index contributed by atoms with van der Waals surface area (Å²) in [5.41, 5.74) is 1.96. The van der Waals surface area contributed by atoms with Gasteiger partial charge in [0.05, 0.1) is 19.4 Å². The van der Waals surface area contributed by atoms with Gasteiger partial charge in [-0.2, -0.15) is 0 Å². The van der Waals surface area contributed by atoms with Crippen molar-refractivity contribution in [2.75, 3.05) is 19.0 Å². The lowest BCUT2D eigenvalue weighted by Gasteiger charge is -2.24. The number of hydrogen-bond acceptors (Lipinski definition) is 5. The van der Waals surface area contributed by atoms with E-state index in [1.807, 2.05) is 19.1 Å². The molecule has 0 unspecified atom stereocenters. The average molecular weight is 456 g/mol. The fourth-order valence-electron chi connectivity index (χ4n) is 3.86. The van der Waals surface area contributed by atoms with Crippen LogP contribution in [0.5, 0.6) is 11.5 Å². The quantitative estimate of drug-likeness (QED) is 0.490. The van der Waals surface area contributed by atoms with Crippen molar-refractivity contribution >= 4 is 28.9 Å². The zero-order valence-corrected chi connectivity index (χ0v) is 18.4. The molecule has 1 aliphatic heterocycles. The minimum absolute atomic E-state index is 0.0580. The third kappa shape index (κ3) is 4.05. The number of thiophene rings is 1. The molecule has 0 saturated heterocycles. The first kappa shape index (κ1) is 21.8. The Labute approximate surface area is 188 Å². The number of carbonyl (C=O) groups excluding carboxylic acids is 1. The molecule has 0 bridgehead atoms. The highest BCUT2D eigenvalue weighted by Crippen LogP contribution is 2.50. The van der Waals surface area contributed by atoms with Crippen LogP contribution >= 0.6 is 11.3 Å². The van der Waals surface area contributed by atoms with Crippen molar-refractivity contribution in [3.8, 4) is 22.6 Å². The first-order valence-electron chi connectivity index (χ1n) is 10.2. The lowest BCUT2D eigenvalue weighted by molar-refractivity contribution is -0.116. The van der Waals surface area contributed by atoms with Gasteiger partial charge in [0.15, 0.2) is 11.5 Å². The Morgan fingerprint density at radius 1 is 1.25 bits per heavy atom. The number of carbonyl (C=O) groups is 2. The number of nitrogens with one attached hydrogen (secondary N) is 1. The van der Waals surface area contributed by atoms with E-state index in [0.29, 0.717) is 39.8 Å². The molecule has 2 N–H and O–H groups in total. The number of carboxylic acids is 1. The topological polar surface area (TPSA) is 84.9 Å². The Morgan fingerprint density at radius 3 is 2.75 bits per heavy atom. The maximum absolute atomic E-state index is 13.9. The SMILES string of the molecule is CCCOc1ccc([C@@H]2CC(=O)Nc3c2sc(C(=O)O)c3-c2cccc(F)c2)cc1OC. The normalized spacial score (nSPS) is 15.1. The second-order valence-corrected chi connectivity index (χ2v) is 8.48. The van der Waals surface area contributed by atoms with Crippen LogP contribution in [0, 0.1) is 5.82 Å². The molecular formula is C24H22FNO5S. The molecule has 166 valence electrons. The first-order chi connectivity index (χ1) is 15.4. The van der Waals surface area contributed by atoms with Crippen molar-refractivity contribution < 1.29 is 28.6 Å². The number of fused-ring (bicyclic) bond motifs is 1. The molecule has 1 atom stereocenters.